The third-order valence-electron chi connectivity index (χ3n) is 4.28. The van der Waals surface area contributed by atoms with Gasteiger partial charge < -0.3 is 21.3 Å². The third-order valence-corrected chi connectivity index (χ3v) is 4.28. The van der Waals surface area contributed by atoms with E-state index in [1.165, 1.54) is 0 Å². The number of rotatable bonds is 5. The number of anilines is 1. The number of nitrogens with zero attached hydrogens (tertiary/aromatic N) is 4. The lowest BCUT2D eigenvalue weighted by atomic mass is 10.1. The Bertz CT molecular complexity index is 872. The maximum atomic E-state index is 12.0. The summed E-state index contributed by atoms with van der Waals surface area (Å²) in [7, 11) is 1.61. The molecule has 10 nitrogen and oxygen atoms in total. The Labute approximate surface area is 155 Å². The molecular weight excluding hydrogens is 348 g/mol. The van der Waals surface area contributed by atoms with Crippen LogP contribution in [0.25, 0.3) is 0 Å². The van der Waals surface area contributed by atoms with Crippen molar-refractivity contribution in [1.82, 2.24) is 30.9 Å². The SMILES string of the molecule is CNC(=O)[C@@H]1C[C@H](n2cc(CNC(=O)Nc3cccc(C#N)c3)nn2)CN1. The summed E-state index contributed by atoms with van der Waals surface area (Å²) in [5.74, 6) is -0.0448. The molecular formula is C17H20N8O2. The number of carbonyl (C=O) groups is 2. The first-order chi connectivity index (χ1) is 13.1. The molecule has 1 saturated heterocycles. The summed E-state index contributed by atoms with van der Waals surface area (Å²) in [4.78, 5) is 23.7. The minimum atomic E-state index is -0.401. The van der Waals surface area contributed by atoms with Crippen molar-refractivity contribution in [1.29, 1.82) is 5.26 Å². The summed E-state index contributed by atoms with van der Waals surface area (Å²) in [6.45, 7) is 0.840. The van der Waals surface area contributed by atoms with Crippen molar-refractivity contribution in [2.24, 2.45) is 0 Å². The Morgan fingerprint density at radius 1 is 1.44 bits per heavy atom. The first-order valence-corrected chi connectivity index (χ1v) is 8.49. The van der Waals surface area contributed by atoms with Crippen LogP contribution >= 0.6 is 0 Å². The molecule has 10 heteroatoms. The van der Waals surface area contributed by atoms with Gasteiger partial charge in [0.25, 0.3) is 0 Å². The molecule has 2 atom stereocenters. The van der Waals surface area contributed by atoms with Crippen LogP contribution in [0, 0.1) is 11.3 Å². The van der Waals surface area contributed by atoms with E-state index in [9.17, 15) is 9.59 Å². The van der Waals surface area contributed by atoms with Crippen LogP contribution in [0.3, 0.4) is 0 Å². The first-order valence-electron chi connectivity index (χ1n) is 8.49. The van der Waals surface area contributed by atoms with Gasteiger partial charge in [-0.2, -0.15) is 5.26 Å². The number of nitriles is 1. The minimum Gasteiger partial charge on any atom is -0.358 e. The third kappa shape index (κ3) is 4.59. The molecule has 0 saturated carbocycles. The van der Waals surface area contributed by atoms with Crippen molar-refractivity contribution < 1.29 is 9.59 Å². The lowest BCUT2D eigenvalue weighted by molar-refractivity contribution is -0.122. The first kappa shape index (κ1) is 18.3. The van der Waals surface area contributed by atoms with E-state index in [0.29, 0.717) is 29.9 Å². The number of urea groups is 1. The van der Waals surface area contributed by atoms with Crippen molar-refractivity contribution in [2.75, 3.05) is 18.9 Å². The van der Waals surface area contributed by atoms with Gasteiger partial charge in [-0.15, -0.1) is 5.10 Å². The Balaban J connectivity index is 1.50. The summed E-state index contributed by atoms with van der Waals surface area (Å²) in [6.07, 6.45) is 2.39. The maximum absolute atomic E-state index is 12.0. The Morgan fingerprint density at radius 2 is 2.30 bits per heavy atom. The van der Waals surface area contributed by atoms with Gasteiger partial charge in [0.05, 0.1) is 36.5 Å². The van der Waals surface area contributed by atoms with Crippen LogP contribution in [0.5, 0.6) is 0 Å². The van der Waals surface area contributed by atoms with Crippen LogP contribution < -0.4 is 21.3 Å². The summed E-state index contributed by atoms with van der Waals surface area (Å²) in [6, 6.07) is 8.07. The smallest absolute Gasteiger partial charge is 0.319 e. The highest BCUT2D eigenvalue weighted by atomic mass is 16.2. The molecule has 1 fully saturated rings. The number of aromatic nitrogens is 3. The zero-order chi connectivity index (χ0) is 19.2. The molecule has 2 aromatic rings. The molecule has 0 radical (unpaired) electrons. The van der Waals surface area contributed by atoms with E-state index in [0.717, 1.165) is 0 Å². The van der Waals surface area contributed by atoms with Crippen molar-refractivity contribution >= 4 is 17.6 Å². The zero-order valence-corrected chi connectivity index (χ0v) is 14.8. The van der Waals surface area contributed by atoms with Crippen LogP contribution in [0.1, 0.15) is 23.7 Å². The molecule has 3 rings (SSSR count). The minimum absolute atomic E-state index is 0.0381. The second kappa shape index (κ2) is 8.29. The van der Waals surface area contributed by atoms with Gasteiger partial charge >= 0.3 is 6.03 Å². The van der Waals surface area contributed by atoms with E-state index in [2.05, 4.69) is 31.6 Å². The molecule has 3 amide bonds. The molecule has 140 valence electrons. The normalized spacial score (nSPS) is 18.5. The highest BCUT2D eigenvalue weighted by molar-refractivity contribution is 5.89. The topological polar surface area (TPSA) is 137 Å². The number of hydrogen-bond donors (Lipinski definition) is 4. The van der Waals surface area contributed by atoms with Gasteiger partial charge in [0.1, 0.15) is 5.69 Å². The van der Waals surface area contributed by atoms with Crippen LogP contribution in [-0.2, 0) is 11.3 Å². The summed E-state index contributed by atoms with van der Waals surface area (Å²) in [5, 5.41) is 28.2. The van der Waals surface area contributed by atoms with Gasteiger partial charge in [-0.3, -0.25) is 4.79 Å². The van der Waals surface area contributed by atoms with E-state index in [1.807, 2.05) is 6.07 Å². The van der Waals surface area contributed by atoms with E-state index in [-0.39, 0.29) is 24.5 Å². The highest BCUT2D eigenvalue weighted by Crippen LogP contribution is 2.19. The molecule has 4 N–H and O–H groups in total. The van der Waals surface area contributed by atoms with Crippen LogP contribution in [-0.4, -0.2) is 46.6 Å². The molecule has 1 aromatic heterocycles. The Kier molecular flexibility index (Phi) is 5.63. The fourth-order valence-electron chi connectivity index (χ4n) is 2.88. The maximum Gasteiger partial charge on any atom is 0.319 e. The summed E-state index contributed by atoms with van der Waals surface area (Å²) < 4.78 is 1.71. The van der Waals surface area contributed by atoms with Gasteiger partial charge in [-0.05, 0) is 24.6 Å². The number of hydrogen-bond acceptors (Lipinski definition) is 6. The molecule has 0 unspecified atom stereocenters. The molecule has 0 bridgehead atoms. The predicted octanol–water partition coefficient (Wildman–Crippen LogP) is 0.120. The molecule has 0 aliphatic carbocycles. The monoisotopic (exact) mass is 368 g/mol. The average Bonchev–Trinajstić information content (AvgIpc) is 3.35. The number of benzene rings is 1. The van der Waals surface area contributed by atoms with E-state index < -0.39 is 6.03 Å². The molecule has 27 heavy (non-hydrogen) atoms. The van der Waals surface area contributed by atoms with Gasteiger partial charge in [0.2, 0.25) is 5.91 Å². The lowest BCUT2D eigenvalue weighted by Crippen LogP contribution is -2.38. The average molecular weight is 368 g/mol. The number of likely N-dealkylation sites (N-methyl/N-ethyl adjacent to an activating group) is 1. The van der Waals surface area contributed by atoms with Gasteiger partial charge in [0, 0.05) is 19.3 Å². The quantitative estimate of drug-likeness (QED) is 0.592. The molecule has 1 aromatic carbocycles. The summed E-state index contributed by atoms with van der Waals surface area (Å²) >= 11 is 0. The number of amides is 3. The standard InChI is InChI=1S/C17H20N8O2/c1-19-16(26)15-6-14(9-20-15)25-10-13(23-24-25)8-21-17(27)22-12-4-2-3-11(5-12)7-18/h2-5,10,14-15,20H,6,8-9H2,1H3,(H,19,26)(H2,21,22,27)/t14-,15-/m0/s1. The highest BCUT2D eigenvalue weighted by Gasteiger charge is 2.30. The van der Waals surface area contributed by atoms with Crippen LogP contribution in [0.15, 0.2) is 30.5 Å². The molecule has 1 aliphatic rings. The fourth-order valence-corrected chi connectivity index (χ4v) is 2.88. The zero-order valence-electron chi connectivity index (χ0n) is 14.8. The summed E-state index contributed by atoms with van der Waals surface area (Å²) in [5.41, 5.74) is 1.61. The van der Waals surface area contributed by atoms with Crippen molar-refractivity contribution in [2.45, 2.75) is 25.0 Å². The molecule has 1 aliphatic heterocycles. The molecule has 2 heterocycles. The van der Waals surface area contributed by atoms with E-state index in [4.69, 9.17) is 5.26 Å². The number of nitrogens with one attached hydrogen (secondary N) is 4. The van der Waals surface area contributed by atoms with Gasteiger partial charge in [0.15, 0.2) is 0 Å². The Morgan fingerprint density at radius 3 is 3.07 bits per heavy atom. The Hall–Kier alpha value is -3.45. The van der Waals surface area contributed by atoms with Crippen LogP contribution in [0.2, 0.25) is 0 Å². The van der Waals surface area contributed by atoms with Crippen molar-refractivity contribution in [3.05, 3.63) is 41.7 Å². The van der Waals surface area contributed by atoms with E-state index in [1.54, 1.807) is 42.2 Å². The van der Waals surface area contributed by atoms with Crippen molar-refractivity contribution in [3.8, 4) is 6.07 Å². The van der Waals surface area contributed by atoms with E-state index >= 15 is 0 Å². The van der Waals surface area contributed by atoms with Crippen LogP contribution in [0.4, 0.5) is 10.5 Å². The largest absolute Gasteiger partial charge is 0.358 e. The van der Waals surface area contributed by atoms with Gasteiger partial charge in [-0.25, -0.2) is 9.48 Å². The second-order valence-corrected chi connectivity index (χ2v) is 6.15. The van der Waals surface area contributed by atoms with Gasteiger partial charge in [-0.1, -0.05) is 11.3 Å². The fraction of sp³-hybridized carbons (Fsp3) is 0.353. The molecule has 0 spiro atoms. The van der Waals surface area contributed by atoms with Crippen molar-refractivity contribution in [3.63, 3.8) is 0 Å². The number of carbonyl (C=O) groups excluding carboxylic acids is 2. The predicted molar refractivity (Wildman–Crippen MR) is 96.5 cm³/mol. The second-order valence-electron chi connectivity index (χ2n) is 6.15. The lowest BCUT2D eigenvalue weighted by Gasteiger charge is -2.09.